The van der Waals surface area contributed by atoms with Gasteiger partial charge in [0.15, 0.2) is 12.4 Å². The van der Waals surface area contributed by atoms with E-state index < -0.39 is 5.97 Å². The molecule has 140 valence electrons. The normalized spacial score (nSPS) is 10.8. The van der Waals surface area contributed by atoms with Crippen LogP contribution in [-0.2, 0) is 14.3 Å². The van der Waals surface area contributed by atoms with Gasteiger partial charge in [0.25, 0.3) is 0 Å². The molecule has 0 bridgehead atoms. The van der Waals surface area contributed by atoms with Crippen LogP contribution in [0.2, 0.25) is 0 Å². The van der Waals surface area contributed by atoms with Crippen molar-refractivity contribution in [3.05, 3.63) is 71.6 Å². The molecule has 0 heterocycles. The van der Waals surface area contributed by atoms with Crippen molar-refractivity contribution < 1.29 is 19.1 Å². The third-order valence-electron chi connectivity index (χ3n) is 3.50. The molecule has 0 aliphatic carbocycles. The van der Waals surface area contributed by atoms with Gasteiger partial charge in [-0.25, -0.2) is 4.79 Å². The van der Waals surface area contributed by atoms with Gasteiger partial charge < -0.3 is 10.1 Å². The zero-order chi connectivity index (χ0) is 19.6. The lowest BCUT2D eigenvalue weighted by atomic mass is 10.1. The maximum atomic E-state index is 12.1. The number of nitrogens with one attached hydrogen (secondary N) is 1. The van der Waals surface area contributed by atoms with Crippen molar-refractivity contribution in [1.82, 2.24) is 0 Å². The first-order valence-electron chi connectivity index (χ1n) is 8.45. The second kappa shape index (κ2) is 10.3. The predicted octanol–water partition coefficient (Wildman–Crippen LogP) is 4.31. The highest BCUT2D eigenvalue weighted by atomic mass is 32.2. The molecule has 0 aliphatic heterocycles. The summed E-state index contributed by atoms with van der Waals surface area (Å²) in [6.45, 7) is 3.26. The fourth-order valence-corrected chi connectivity index (χ4v) is 2.61. The molecule has 0 atom stereocenters. The number of esters is 1. The smallest absolute Gasteiger partial charge is 0.331 e. The Hall–Kier alpha value is -2.86. The van der Waals surface area contributed by atoms with Crippen molar-refractivity contribution in [2.45, 2.75) is 18.7 Å². The Morgan fingerprint density at radius 1 is 1.04 bits per heavy atom. The van der Waals surface area contributed by atoms with Crippen LogP contribution >= 0.6 is 11.8 Å². The third kappa shape index (κ3) is 7.11. The molecule has 27 heavy (non-hydrogen) atoms. The third-order valence-corrected chi connectivity index (χ3v) is 4.31. The zero-order valence-electron chi connectivity index (χ0n) is 15.2. The van der Waals surface area contributed by atoms with E-state index in [1.807, 2.05) is 30.3 Å². The summed E-state index contributed by atoms with van der Waals surface area (Å²) < 4.78 is 4.96. The molecule has 0 aliphatic rings. The van der Waals surface area contributed by atoms with Gasteiger partial charge in [0, 0.05) is 28.1 Å². The lowest BCUT2D eigenvalue weighted by molar-refractivity contribution is -0.136. The fraction of sp³-hybridized carbons (Fsp3) is 0.190. The number of thioether (sulfide) groups is 1. The first-order valence-corrected chi connectivity index (χ1v) is 9.33. The molecule has 0 aromatic heterocycles. The lowest BCUT2D eigenvalue weighted by Gasteiger charge is -2.08. The number of hydrogen-bond acceptors (Lipinski definition) is 5. The Labute approximate surface area is 162 Å². The minimum absolute atomic E-state index is 0.0943. The van der Waals surface area contributed by atoms with E-state index in [-0.39, 0.29) is 24.2 Å². The van der Waals surface area contributed by atoms with Crippen molar-refractivity contribution in [3.63, 3.8) is 0 Å². The molecular formula is C21H21NO4S. The highest BCUT2D eigenvalue weighted by Crippen LogP contribution is 2.18. The number of rotatable bonds is 8. The van der Waals surface area contributed by atoms with Crippen molar-refractivity contribution in [2.75, 3.05) is 11.9 Å². The SMILES string of the molecule is CC(C)C(=O)Nc1ccc(C(=O)COC(=O)/C=C/Sc2ccccc2)cc1. The van der Waals surface area contributed by atoms with Crippen LogP contribution in [-0.4, -0.2) is 24.3 Å². The number of Topliss-reactive ketones (excluding diaryl/α,β-unsaturated/α-hetero) is 1. The van der Waals surface area contributed by atoms with E-state index in [4.69, 9.17) is 4.74 Å². The van der Waals surface area contributed by atoms with E-state index >= 15 is 0 Å². The Bertz CT molecular complexity index is 814. The standard InChI is InChI=1S/C21H21NO4S/c1-15(2)21(25)22-17-10-8-16(9-11-17)19(23)14-26-20(24)12-13-27-18-6-4-3-5-7-18/h3-13,15H,14H2,1-2H3,(H,22,25)/b13-12+. The minimum Gasteiger partial charge on any atom is -0.454 e. The maximum absolute atomic E-state index is 12.1. The summed E-state index contributed by atoms with van der Waals surface area (Å²) in [5.41, 5.74) is 1.02. The first-order chi connectivity index (χ1) is 13.0. The molecule has 0 spiro atoms. The Morgan fingerprint density at radius 2 is 1.70 bits per heavy atom. The van der Waals surface area contributed by atoms with Gasteiger partial charge >= 0.3 is 5.97 Å². The summed E-state index contributed by atoms with van der Waals surface area (Å²) in [6.07, 6.45) is 1.29. The Morgan fingerprint density at radius 3 is 2.33 bits per heavy atom. The van der Waals surface area contributed by atoms with Crippen LogP contribution in [0, 0.1) is 5.92 Å². The largest absolute Gasteiger partial charge is 0.454 e. The van der Waals surface area contributed by atoms with Gasteiger partial charge in [-0.2, -0.15) is 0 Å². The number of benzene rings is 2. The van der Waals surface area contributed by atoms with E-state index in [0.717, 1.165) is 4.90 Å². The number of ketones is 1. The zero-order valence-corrected chi connectivity index (χ0v) is 16.0. The maximum Gasteiger partial charge on any atom is 0.331 e. The number of carbonyl (C=O) groups excluding carboxylic acids is 3. The van der Waals surface area contributed by atoms with Gasteiger partial charge in [-0.3, -0.25) is 9.59 Å². The molecule has 0 saturated carbocycles. The van der Waals surface area contributed by atoms with Crippen molar-refractivity contribution >= 4 is 35.1 Å². The van der Waals surface area contributed by atoms with Crippen LogP contribution < -0.4 is 5.32 Å². The van der Waals surface area contributed by atoms with Crippen LogP contribution in [0.15, 0.2) is 71.0 Å². The average molecular weight is 383 g/mol. The van der Waals surface area contributed by atoms with E-state index in [1.165, 1.54) is 17.8 Å². The Kier molecular flexibility index (Phi) is 7.82. The lowest BCUT2D eigenvalue weighted by Crippen LogP contribution is -2.18. The molecule has 0 fully saturated rings. The summed E-state index contributed by atoms with van der Waals surface area (Å²) in [6, 6.07) is 16.1. The van der Waals surface area contributed by atoms with Crippen molar-refractivity contribution in [1.29, 1.82) is 0 Å². The summed E-state index contributed by atoms with van der Waals surface area (Å²) in [4.78, 5) is 36.4. The number of ether oxygens (including phenoxy) is 1. The molecule has 2 aromatic rings. The number of hydrogen-bond donors (Lipinski definition) is 1. The van der Waals surface area contributed by atoms with E-state index in [2.05, 4.69) is 5.32 Å². The van der Waals surface area contributed by atoms with Crippen molar-refractivity contribution in [2.24, 2.45) is 5.92 Å². The quantitative estimate of drug-likeness (QED) is 0.318. The van der Waals surface area contributed by atoms with Gasteiger partial charge in [-0.1, -0.05) is 43.8 Å². The van der Waals surface area contributed by atoms with E-state index in [1.54, 1.807) is 43.5 Å². The molecule has 2 aromatic carbocycles. The van der Waals surface area contributed by atoms with Crippen LogP contribution in [0.4, 0.5) is 5.69 Å². The number of carbonyl (C=O) groups is 3. The number of anilines is 1. The average Bonchev–Trinajstić information content (AvgIpc) is 2.67. The van der Waals surface area contributed by atoms with Gasteiger partial charge in [-0.05, 0) is 41.8 Å². The van der Waals surface area contributed by atoms with Gasteiger partial charge in [-0.15, -0.1) is 0 Å². The summed E-state index contributed by atoms with van der Waals surface area (Å²) >= 11 is 1.39. The molecule has 1 amide bonds. The highest BCUT2D eigenvalue weighted by molar-refractivity contribution is 8.02. The van der Waals surface area contributed by atoms with Crippen LogP contribution in [0.25, 0.3) is 0 Å². The molecule has 0 unspecified atom stereocenters. The summed E-state index contributed by atoms with van der Waals surface area (Å²) in [5.74, 6) is -1.11. The summed E-state index contributed by atoms with van der Waals surface area (Å²) in [7, 11) is 0. The van der Waals surface area contributed by atoms with Gasteiger partial charge in [0.1, 0.15) is 0 Å². The molecule has 1 N–H and O–H groups in total. The second-order valence-electron chi connectivity index (χ2n) is 5.99. The predicted molar refractivity (Wildman–Crippen MR) is 107 cm³/mol. The topological polar surface area (TPSA) is 72.5 Å². The second-order valence-corrected chi connectivity index (χ2v) is 6.97. The summed E-state index contributed by atoms with van der Waals surface area (Å²) in [5, 5.41) is 4.37. The highest BCUT2D eigenvalue weighted by Gasteiger charge is 2.10. The van der Waals surface area contributed by atoms with Crippen molar-refractivity contribution in [3.8, 4) is 0 Å². The van der Waals surface area contributed by atoms with E-state index in [9.17, 15) is 14.4 Å². The molecule has 2 rings (SSSR count). The number of amides is 1. The molecule has 5 nitrogen and oxygen atoms in total. The van der Waals surface area contributed by atoms with Gasteiger partial charge in [0.05, 0.1) is 0 Å². The first kappa shape index (κ1) is 20.5. The van der Waals surface area contributed by atoms with Gasteiger partial charge in [0.2, 0.25) is 5.91 Å². The molecule has 6 heteroatoms. The van der Waals surface area contributed by atoms with Crippen LogP contribution in [0.5, 0.6) is 0 Å². The molecule has 0 radical (unpaired) electrons. The van der Waals surface area contributed by atoms with E-state index in [0.29, 0.717) is 11.3 Å². The van der Waals surface area contributed by atoms with Crippen LogP contribution in [0.1, 0.15) is 24.2 Å². The molecular weight excluding hydrogens is 362 g/mol. The van der Waals surface area contributed by atoms with Crippen LogP contribution in [0.3, 0.4) is 0 Å². The minimum atomic E-state index is -0.576. The molecule has 0 saturated heterocycles. The fourth-order valence-electron chi connectivity index (χ4n) is 1.96. The monoisotopic (exact) mass is 383 g/mol. The Balaban J connectivity index is 1.79.